The third-order valence-corrected chi connectivity index (χ3v) is 12.0. The van der Waals surface area contributed by atoms with E-state index in [4.69, 9.17) is 0 Å². The van der Waals surface area contributed by atoms with Crippen molar-refractivity contribution in [3.05, 3.63) is 243 Å². The fraction of sp³-hybridized carbons (Fsp3) is 0. The van der Waals surface area contributed by atoms with E-state index in [9.17, 15) is 0 Å². The summed E-state index contributed by atoms with van der Waals surface area (Å²) in [6.07, 6.45) is 8.67. The van der Waals surface area contributed by atoms with Crippen LogP contribution in [0, 0.1) is 12.4 Å². The summed E-state index contributed by atoms with van der Waals surface area (Å²) in [5.41, 5.74) is 0. The number of nitrogens with zero attached hydrogens (tertiary/aromatic N) is 2. The van der Waals surface area contributed by atoms with Crippen LogP contribution in [0.5, 0.6) is 0 Å². The van der Waals surface area contributed by atoms with E-state index in [0.29, 0.717) is 0 Å². The molecule has 0 radical (unpaired) electrons. The van der Waals surface area contributed by atoms with Gasteiger partial charge in [0.05, 0.1) is 0 Å². The van der Waals surface area contributed by atoms with Crippen molar-refractivity contribution in [3.63, 3.8) is 0 Å². The zero-order chi connectivity index (χ0) is 38.3. The normalized spacial score (nSPS) is 9.48. The summed E-state index contributed by atoms with van der Waals surface area (Å²) in [5.74, 6) is 0. The molecule has 276 valence electrons. The topological polar surface area (TPSA) is 25.8 Å². The van der Waals surface area contributed by atoms with Gasteiger partial charge in [-0.1, -0.05) is 207 Å². The number of hydrogen-bond donors (Lipinski definition) is 0. The quantitative estimate of drug-likeness (QED) is 0.0942. The molecule has 0 spiro atoms. The summed E-state index contributed by atoms with van der Waals surface area (Å²) in [5, 5.41) is 8.39. The van der Waals surface area contributed by atoms with Gasteiger partial charge in [-0.25, -0.2) is 0 Å². The molecule has 0 aliphatic carbocycles. The van der Waals surface area contributed by atoms with Crippen LogP contribution >= 0.6 is 42.7 Å². The molecule has 0 amide bonds. The van der Waals surface area contributed by atoms with E-state index in [2.05, 4.69) is 266 Å². The Morgan fingerprint density at radius 1 is 0.296 bits per heavy atom. The number of halogens is 2. The largest absolute Gasteiger partial charge is 0.394 e. The Morgan fingerprint density at radius 2 is 0.500 bits per heavy atom. The van der Waals surface area contributed by atoms with Gasteiger partial charge in [-0.05, 0) is 47.7 Å². The number of benzene rings is 6. The first-order valence-electron chi connectivity index (χ1n) is 16.6. The van der Waals surface area contributed by atoms with Crippen molar-refractivity contribution in [1.29, 1.82) is 0 Å². The standard InChI is InChI=1S/2C18H15P.2C5H4N.2BrH.2Pd/c2*1-4-10-16(11-5-1)19(17-12-6-2-7-13-17)18-14-8-3-9-15-18;2*1-2-4-6-5-3-1;;;;/h2*1-15H;2*1-4H;2*1H;;/q;;2*-1;;;2*+2/p-2. The molecule has 0 N–H and O–H groups in total. The summed E-state index contributed by atoms with van der Waals surface area (Å²) < 4.78 is 0. The van der Waals surface area contributed by atoms with E-state index in [1.165, 1.54) is 31.8 Å². The fourth-order valence-corrected chi connectivity index (χ4v) is 9.52. The Kier molecular flexibility index (Phi) is 25.1. The van der Waals surface area contributed by atoms with Crippen molar-refractivity contribution in [2.24, 2.45) is 0 Å². The average molecular weight is 1050 g/mol. The van der Waals surface area contributed by atoms with E-state index in [1.807, 2.05) is 24.3 Å². The van der Waals surface area contributed by atoms with E-state index in [-0.39, 0.29) is 0 Å². The molecule has 0 aliphatic heterocycles. The van der Waals surface area contributed by atoms with Gasteiger partial charge < -0.3 is 9.97 Å². The van der Waals surface area contributed by atoms with Gasteiger partial charge in [-0.3, -0.25) is 0 Å². The molecule has 0 bridgehead atoms. The van der Waals surface area contributed by atoms with Gasteiger partial charge in [-0.15, -0.1) is 0 Å². The SMILES string of the molecule is [Br][Pd+].[Br][Pd+].[c-]1ccccn1.[c-]1ccccn1.c1ccc(P(c2ccccc2)c2ccccc2)cc1.c1ccc(P(c2ccccc2)c2ccccc2)cc1. The molecule has 8 aromatic rings. The summed E-state index contributed by atoms with van der Waals surface area (Å²) in [4.78, 5) is 7.32. The molecule has 0 unspecified atom stereocenters. The molecule has 2 aromatic heterocycles. The molecule has 0 saturated carbocycles. The summed E-state index contributed by atoms with van der Waals surface area (Å²) in [6, 6.07) is 75.7. The van der Waals surface area contributed by atoms with Crippen molar-refractivity contribution in [3.8, 4) is 0 Å². The van der Waals surface area contributed by atoms with Crippen molar-refractivity contribution < 1.29 is 34.4 Å². The van der Waals surface area contributed by atoms with Crippen LogP contribution in [0.25, 0.3) is 0 Å². The average Bonchev–Trinajstić information content (AvgIpc) is 3.29. The molecule has 2 nitrogen and oxygen atoms in total. The third-order valence-electron chi connectivity index (χ3n) is 7.12. The van der Waals surface area contributed by atoms with Gasteiger partial charge in [0, 0.05) is 0 Å². The first-order valence-corrected chi connectivity index (χ1v) is 26.4. The Bertz CT molecular complexity index is 1600. The molecule has 0 atom stereocenters. The Labute approximate surface area is 358 Å². The fourth-order valence-electron chi connectivity index (χ4n) is 4.91. The minimum absolute atomic E-state index is 0.446. The van der Waals surface area contributed by atoms with Crippen molar-refractivity contribution >= 4 is 74.5 Å². The summed E-state index contributed by atoms with van der Waals surface area (Å²) >= 11 is 10.7. The van der Waals surface area contributed by atoms with Gasteiger partial charge in [0.2, 0.25) is 0 Å². The van der Waals surface area contributed by atoms with Crippen LogP contribution in [-0.4, -0.2) is 9.97 Å². The van der Waals surface area contributed by atoms with Gasteiger partial charge >= 0.3 is 61.2 Å². The molecule has 0 fully saturated rings. The van der Waals surface area contributed by atoms with E-state index < -0.39 is 15.8 Å². The number of pyridine rings is 2. The summed E-state index contributed by atoms with van der Waals surface area (Å²) in [7, 11) is -0.892. The molecule has 2 heterocycles. The zero-order valence-corrected chi connectivity index (χ0v) is 37.2. The van der Waals surface area contributed by atoms with Gasteiger partial charge in [-0.2, -0.15) is 36.4 Å². The van der Waals surface area contributed by atoms with Crippen LogP contribution < -0.4 is 31.8 Å². The predicted molar refractivity (Wildman–Crippen MR) is 234 cm³/mol. The number of rotatable bonds is 6. The second kappa shape index (κ2) is 30.0. The Hall–Kier alpha value is -3.24. The van der Waals surface area contributed by atoms with Crippen LogP contribution in [-0.2, 0) is 34.4 Å². The van der Waals surface area contributed by atoms with Crippen molar-refractivity contribution in [1.82, 2.24) is 9.97 Å². The molecule has 0 aliphatic rings. The summed E-state index contributed by atoms with van der Waals surface area (Å²) in [6.45, 7) is 0. The Balaban J connectivity index is 0.000000208. The first kappa shape index (κ1) is 45.2. The van der Waals surface area contributed by atoms with Crippen LogP contribution in [0.2, 0.25) is 0 Å². The van der Waals surface area contributed by atoms with Crippen LogP contribution in [0.4, 0.5) is 0 Å². The maximum absolute atomic E-state index is 3.66. The monoisotopic (exact) mass is 1050 g/mol. The van der Waals surface area contributed by atoms with E-state index in [0.717, 1.165) is 0 Å². The third kappa shape index (κ3) is 17.1. The molecular weight excluding hydrogens is 1020 g/mol. The molecule has 8 rings (SSSR count). The molecule has 8 heteroatoms. The van der Waals surface area contributed by atoms with E-state index >= 15 is 0 Å². The van der Waals surface area contributed by atoms with Crippen molar-refractivity contribution in [2.75, 3.05) is 0 Å². The zero-order valence-electron chi connectivity index (χ0n) is 29.1. The van der Waals surface area contributed by atoms with Crippen LogP contribution in [0.3, 0.4) is 0 Å². The van der Waals surface area contributed by atoms with Gasteiger partial charge in [0.1, 0.15) is 0 Å². The maximum Gasteiger partial charge on any atom is -0.0134 e. The second-order valence-electron chi connectivity index (χ2n) is 10.6. The number of aromatic nitrogens is 2. The molecule has 54 heavy (non-hydrogen) atoms. The number of hydrogen-bond acceptors (Lipinski definition) is 2. The molecule has 0 saturated heterocycles. The van der Waals surface area contributed by atoms with Crippen LogP contribution in [0.1, 0.15) is 0 Å². The minimum Gasteiger partial charge on any atom is -0.394 e. The van der Waals surface area contributed by atoms with Crippen molar-refractivity contribution in [2.45, 2.75) is 0 Å². The van der Waals surface area contributed by atoms with Gasteiger partial charge in [0.25, 0.3) is 0 Å². The maximum atomic E-state index is 3.66. The predicted octanol–water partition coefficient (Wildman–Crippen LogP) is 10.3. The van der Waals surface area contributed by atoms with Gasteiger partial charge in [0.15, 0.2) is 0 Å². The second-order valence-corrected chi connectivity index (χ2v) is 15.0. The minimum atomic E-state index is -0.446. The van der Waals surface area contributed by atoms with E-state index in [1.54, 1.807) is 24.5 Å². The first-order chi connectivity index (χ1) is 26.9. The smallest absolute Gasteiger partial charge is 0.0134 e. The van der Waals surface area contributed by atoms with Crippen LogP contribution in [0.15, 0.2) is 231 Å². The molecule has 6 aromatic carbocycles. The Morgan fingerprint density at radius 3 is 0.611 bits per heavy atom. The molecular formula is C46H38Br2N2P2Pd2.